The van der Waals surface area contributed by atoms with Crippen molar-refractivity contribution in [2.45, 2.75) is 62.9 Å². The Morgan fingerprint density at radius 3 is 1.80 bits per heavy atom. The van der Waals surface area contributed by atoms with Gasteiger partial charge in [0.1, 0.15) is 6.04 Å². The molecule has 3 N–H and O–H groups in total. The van der Waals surface area contributed by atoms with E-state index < -0.39 is 18.6 Å². The van der Waals surface area contributed by atoms with E-state index in [0.29, 0.717) is 0 Å². The van der Waals surface area contributed by atoms with Crippen LogP contribution in [0.1, 0.15) is 62.0 Å². The number of aliphatic hydroxyl groups excluding tert-OH is 1. The summed E-state index contributed by atoms with van der Waals surface area (Å²) in [6, 6.07) is 18.1. The fourth-order valence-electron chi connectivity index (χ4n) is 4.14. The second-order valence-corrected chi connectivity index (χ2v) is 8.05. The summed E-state index contributed by atoms with van der Waals surface area (Å²) in [5, 5.41) is 15.7. The molecule has 1 fully saturated rings. The van der Waals surface area contributed by atoms with Crippen LogP contribution in [0.5, 0.6) is 0 Å². The number of carbonyl (C=O) groups excluding carboxylic acids is 2. The van der Waals surface area contributed by atoms with Crippen LogP contribution in [-0.4, -0.2) is 35.6 Å². The molecule has 1 aliphatic rings. The maximum Gasteiger partial charge on any atom is 0.245 e. The molecule has 0 aliphatic heterocycles. The average molecular weight is 409 g/mol. The molecule has 1 atom stereocenters. The van der Waals surface area contributed by atoms with Crippen molar-refractivity contribution in [3.63, 3.8) is 0 Å². The summed E-state index contributed by atoms with van der Waals surface area (Å²) in [6.45, 7) is -0.430. The highest BCUT2D eigenvalue weighted by molar-refractivity contribution is 5.92. The van der Waals surface area contributed by atoms with Gasteiger partial charge in [0.15, 0.2) is 0 Å². The van der Waals surface area contributed by atoms with Crippen LogP contribution in [0, 0.1) is 0 Å². The Hall–Kier alpha value is -2.66. The zero-order valence-electron chi connectivity index (χ0n) is 17.4. The molecule has 0 spiro atoms. The van der Waals surface area contributed by atoms with Gasteiger partial charge in [-0.2, -0.15) is 0 Å². The number of amides is 2. The Balaban J connectivity index is 1.70. The van der Waals surface area contributed by atoms with Crippen LogP contribution < -0.4 is 10.6 Å². The van der Waals surface area contributed by atoms with E-state index in [1.807, 2.05) is 60.7 Å². The quantitative estimate of drug-likeness (QED) is 0.656. The Morgan fingerprint density at radius 2 is 1.30 bits per heavy atom. The van der Waals surface area contributed by atoms with Gasteiger partial charge in [-0.25, -0.2) is 0 Å². The van der Waals surface area contributed by atoms with E-state index in [4.69, 9.17) is 0 Å². The summed E-state index contributed by atoms with van der Waals surface area (Å²) in [6.07, 6.45) is 7.76. The minimum absolute atomic E-state index is 0.114. The minimum atomic E-state index is -0.960. The molecule has 5 heteroatoms. The summed E-state index contributed by atoms with van der Waals surface area (Å²) >= 11 is 0. The molecule has 0 bridgehead atoms. The van der Waals surface area contributed by atoms with Gasteiger partial charge in [0, 0.05) is 6.04 Å². The summed E-state index contributed by atoms with van der Waals surface area (Å²) < 4.78 is 0. The lowest BCUT2D eigenvalue weighted by Crippen LogP contribution is -2.52. The summed E-state index contributed by atoms with van der Waals surface area (Å²) in [4.78, 5) is 26.0. The molecule has 2 aromatic carbocycles. The van der Waals surface area contributed by atoms with Gasteiger partial charge in [-0.1, -0.05) is 92.8 Å². The molecule has 0 saturated heterocycles. The Kier molecular flexibility index (Phi) is 8.45. The average Bonchev–Trinajstić information content (AvgIpc) is 2.75. The Morgan fingerprint density at radius 1 is 0.800 bits per heavy atom. The Labute approximate surface area is 178 Å². The van der Waals surface area contributed by atoms with E-state index >= 15 is 0 Å². The number of hydrogen-bond acceptors (Lipinski definition) is 3. The van der Waals surface area contributed by atoms with Crippen molar-refractivity contribution in [3.8, 4) is 0 Å². The lowest BCUT2D eigenvalue weighted by molar-refractivity contribution is -0.130. The number of aliphatic hydroxyl groups is 1. The zero-order valence-corrected chi connectivity index (χ0v) is 17.4. The van der Waals surface area contributed by atoms with Crippen molar-refractivity contribution in [2.24, 2.45) is 0 Å². The third kappa shape index (κ3) is 6.17. The lowest BCUT2D eigenvalue weighted by atomic mass is 9.90. The molecule has 160 valence electrons. The van der Waals surface area contributed by atoms with Crippen molar-refractivity contribution >= 4 is 11.8 Å². The van der Waals surface area contributed by atoms with E-state index in [-0.39, 0.29) is 17.9 Å². The molecule has 1 saturated carbocycles. The number of nitrogens with one attached hydrogen (secondary N) is 2. The van der Waals surface area contributed by atoms with Crippen LogP contribution in [0.25, 0.3) is 0 Å². The highest BCUT2D eigenvalue weighted by atomic mass is 16.3. The summed E-state index contributed by atoms with van der Waals surface area (Å²) in [5.74, 6) is -1.15. The predicted octanol–water partition coefficient (Wildman–Crippen LogP) is 3.52. The first-order valence-electron chi connectivity index (χ1n) is 11.0. The van der Waals surface area contributed by atoms with Crippen molar-refractivity contribution in [3.05, 3.63) is 71.8 Å². The topological polar surface area (TPSA) is 78.4 Å². The van der Waals surface area contributed by atoms with Gasteiger partial charge in [-0.15, -0.1) is 0 Å². The van der Waals surface area contributed by atoms with Crippen LogP contribution in [0.4, 0.5) is 0 Å². The minimum Gasteiger partial charge on any atom is -0.394 e. The molecule has 2 aromatic rings. The standard InChI is InChI=1S/C25H32N2O3/c28-18-22(24(29)26-21-16-10-2-1-3-11-17-21)27-25(30)23(19-12-6-4-7-13-19)20-14-8-5-9-15-20/h4-9,12-15,21-23,28H,1-3,10-11,16-18H2,(H,26,29)(H,27,30). The second-order valence-electron chi connectivity index (χ2n) is 8.05. The fraction of sp³-hybridized carbons (Fsp3) is 0.440. The van der Waals surface area contributed by atoms with E-state index in [1.165, 1.54) is 19.3 Å². The van der Waals surface area contributed by atoms with Crippen LogP contribution in [-0.2, 0) is 9.59 Å². The monoisotopic (exact) mass is 408 g/mol. The second kappa shape index (κ2) is 11.5. The third-order valence-electron chi connectivity index (χ3n) is 5.80. The molecular formula is C25H32N2O3. The number of hydrogen-bond donors (Lipinski definition) is 3. The van der Waals surface area contributed by atoms with Crippen LogP contribution in [0.15, 0.2) is 60.7 Å². The molecule has 3 rings (SSSR count). The molecule has 0 radical (unpaired) electrons. The molecule has 1 aliphatic carbocycles. The molecular weight excluding hydrogens is 376 g/mol. The van der Waals surface area contributed by atoms with E-state index in [9.17, 15) is 14.7 Å². The number of carbonyl (C=O) groups is 2. The molecule has 1 unspecified atom stereocenters. The lowest BCUT2D eigenvalue weighted by Gasteiger charge is -2.25. The predicted molar refractivity (Wildman–Crippen MR) is 118 cm³/mol. The van der Waals surface area contributed by atoms with Crippen molar-refractivity contribution in [1.82, 2.24) is 10.6 Å². The van der Waals surface area contributed by atoms with E-state index in [0.717, 1.165) is 36.8 Å². The molecule has 30 heavy (non-hydrogen) atoms. The van der Waals surface area contributed by atoms with Gasteiger partial charge in [0.2, 0.25) is 11.8 Å². The fourth-order valence-corrected chi connectivity index (χ4v) is 4.14. The highest BCUT2D eigenvalue weighted by Gasteiger charge is 2.28. The van der Waals surface area contributed by atoms with Gasteiger partial charge in [-0.05, 0) is 24.0 Å². The zero-order chi connectivity index (χ0) is 21.2. The molecule has 0 heterocycles. The SMILES string of the molecule is O=C(NC1CCCCCCC1)C(CO)NC(=O)C(c1ccccc1)c1ccccc1. The van der Waals surface area contributed by atoms with Crippen molar-refractivity contribution in [1.29, 1.82) is 0 Å². The first-order chi connectivity index (χ1) is 14.7. The Bertz CT molecular complexity index is 747. The van der Waals surface area contributed by atoms with Crippen LogP contribution in [0.3, 0.4) is 0 Å². The maximum atomic E-state index is 13.2. The van der Waals surface area contributed by atoms with Gasteiger partial charge < -0.3 is 15.7 Å². The molecule has 0 aromatic heterocycles. The van der Waals surface area contributed by atoms with Gasteiger partial charge in [0.05, 0.1) is 12.5 Å². The van der Waals surface area contributed by atoms with Crippen molar-refractivity contribution < 1.29 is 14.7 Å². The first kappa shape index (κ1) is 22.0. The molecule has 2 amide bonds. The van der Waals surface area contributed by atoms with E-state index in [2.05, 4.69) is 10.6 Å². The van der Waals surface area contributed by atoms with Crippen molar-refractivity contribution in [2.75, 3.05) is 6.61 Å². The van der Waals surface area contributed by atoms with Gasteiger partial charge >= 0.3 is 0 Å². The summed E-state index contributed by atoms with van der Waals surface area (Å²) in [5.41, 5.74) is 1.69. The third-order valence-corrected chi connectivity index (χ3v) is 5.80. The maximum absolute atomic E-state index is 13.2. The van der Waals surface area contributed by atoms with Crippen LogP contribution >= 0.6 is 0 Å². The normalized spacial score (nSPS) is 16.3. The number of benzene rings is 2. The highest BCUT2D eigenvalue weighted by Crippen LogP contribution is 2.25. The van der Waals surface area contributed by atoms with E-state index in [1.54, 1.807) is 0 Å². The summed E-state index contributed by atoms with van der Waals surface area (Å²) in [7, 11) is 0. The van der Waals surface area contributed by atoms with Gasteiger partial charge in [-0.3, -0.25) is 9.59 Å². The largest absolute Gasteiger partial charge is 0.394 e. The molecule has 5 nitrogen and oxygen atoms in total. The first-order valence-corrected chi connectivity index (χ1v) is 11.0. The van der Waals surface area contributed by atoms with Gasteiger partial charge in [0.25, 0.3) is 0 Å². The van der Waals surface area contributed by atoms with Crippen LogP contribution in [0.2, 0.25) is 0 Å². The smallest absolute Gasteiger partial charge is 0.245 e. The number of rotatable bonds is 7.